The van der Waals surface area contributed by atoms with E-state index in [0.29, 0.717) is 59.7 Å². The maximum atomic E-state index is 15.3. The van der Waals surface area contributed by atoms with Crippen molar-refractivity contribution < 1.29 is 14.3 Å². The number of nitrogens with zero attached hydrogens (tertiary/aromatic N) is 6. The van der Waals surface area contributed by atoms with Gasteiger partial charge in [-0.25, -0.2) is 4.79 Å². The number of urea groups is 1. The molecule has 3 aromatic rings. The van der Waals surface area contributed by atoms with E-state index in [9.17, 15) is 4.79 Å². The van der Waals surface area contributed by atoms with E-state index in [1.807, 2.05) is 76.2 Å². The number of carbonyl (C=O) groups is 2. The minimum absolute atomic E-state index is 0.107. The molecular weight excluding hydrogens is 683 g/mol. The van der Waals surface area contributed by atoms with Gasteiger partial charge in [-0.3, -0.25) is 19.7 Å². The van der Waals surface area contributed by atoms with Crippen LogP contribution in [0.3, 0.4) is 0 Å². The van der Waals surface area contributed by atoms with Crippen LogP contribution in [0.5, 0.6) is 5.75 Å². The highest BCUT2D eigenvalue weighted by molar-refractivity contribution is 6.30. The van der Waals surface area contributed by atoms with E-state index in [4.69, 9.17) is 37.9 Å². The lowest BCUT2D eigenvalue weighted by Crippen LogP contribution is -2.59. The average molecular weight is 734 g/mol. The SMILES string of the molecule is CCOc1cc(C(C)(C)C)ncc1C1=N[C@@](C)(c2ccc(Cl)cc2)[C@@](C)(c2ccc(Cl)cc2)N1C(=O)N1CCC(C(=O)N2CCN(C)CC2)CC1. The highest BCUT2D eigenvalue weighted by Crippen LogP contribution is 2.54. The summed E-state index contributed by atoms with van der Waals surface area (Å²) in [5.74, 6) is 1.18. The van der Waals surface area contributed by atoms with E-state index in [1.165, 1.54) is 0 Å². The average Bonchev–Trinajstić information content (AvgIpc) is 3.36. The number of likely N-dealkylation sites (N-methyl/N-ethyl adjacent to an activating group) is 1. The summed E-state index contributed by atoms with van der Waals surface area (Å²) in [5, 5.41) is 1.21. The number of piperazine rings is 1. The zero-order valence-electron chi connectivity index (χ0n) is 30.9. The van der Waals surface area contributed by atoms with Gasteiger partial charge in [-0.15, -0.1) is 0 Å². The number of aromatic nitrogens is 1. The Balaban J connectivity index is 1.45. The Morgan fingerprint density at radius 2 is 1.43 bits per heavy atom. The summed E-state index contributed by atoms with van der Waals surface area (Å²) in [6.45, 7) is 17.0. The predicted molar refractivity (Wildman–Crippen MR) is 204 cm³/mol. The van der Waals surface area contributed by atoms with E-state index in [-0.39, 0.29) is 23.3 Å². The highest BCUT2D eigenvalue weighted by atomic mass is 35.5. The largest absolute Gasteiger partial charge is 0.493 e. The van der Waals surface area contributed by atoms with Gasteiger partial charge in [-0.1, -0.05) is 68.2 Å². The van der Waals surface area contributed by atoms with Crippen molar-refractivity contribution in [2.24, 2.45) is 10.9 Å². The van der Waals surface area contributed by atoms with Crippen LogP contribution in [-0.2, 0) is 21.3 Å². The third-order valence-corrected chi connectivity index (χ3v) is 11.5. The fraction of sp³-hybridized carbons (Fsp3) is 0.500. The molecule has 0 N–H and O–H groups in total. The van der Waals surface area contributed by atoms with Gasteiger partial charge in [0.2, 0.25) is 5.91 Å². The van der Waals surface area contributed by atoms with E-state index in [2.05, 4.69) is 46.6 Å². The van der Waals surface area contributed by atoms with Gasteiger partial charge in [0.15, 0.2) is 0 Å². The zero-order chi connectivity index (χ0) is 36.7. The second-order valence-corrected chi connectivity index (χ2v) is 16.2. The third kappa shape index (κ3) is 6.97. The zero-order valence-corrected chi connectivity index (χ0v) is 32.4. The Morgan fingerprint density at radius 3 is 1.98 bits per heavy atom. The van der Waals surface area contributed by atoms with Crippen LogP contribution in [0.4, 0.5) is 4.79 Å². The highest BCUT2D eigenvalue weighted by Gasteiger charge is 2.60. The molecule has 272 valence electrons. The molecular formula is C40H50Cl2N6O3. The fourth-order valence-electron chi connectivity index (χ4n) is 7.60. The minimum Gasteiger partial charge on any atom is -0.493 e. The molecule has 3 amide bonds. The van der Waals surface area contributed by atoms with Crippen LogP contribution in [0.2, 0.25) is 10.0 Å². The van der Waals surface area contributed by atoms with Crippen LogP contribution in [-0.4, -0.2) is 95.3 Å². The standard InChI is InChI=1S/C40H50Cl2N6O3/c1-8-51-33-25-34(38(2,3)4)43-26-32(33)35-44-39(5,28-9-13-30(41)14-10-28)40(6,29-11-15-31(42)16-12-29)48(35)37(50)47-19-17-27(18-20-47)36(49)46-23-21-45(7)22-24-46/h9-16,25-27H,8,17-24H2,1-7H3/t39-,40+/m0/s1. The maximum absolute atomic E-state index is 15.3. The first-order chi connectivity index (χ1) is 24.2. The molecule has 3 aliphatic heterocycles. The number of rotatable bonds is 6. The van der Waals surface area contributed by atoms with Gasteiger partial charge in [-0.2, -0.15) is 0 Å². The van der Waals surface area contributed by atoms with Crippen LogP contribution in [0.15, 0.2) is 65.8 Å². The smallest absolute Gasteiger partial charge is 0.326 e. The molecule has 0 bridgehead atoms. The molecule has 6 rings (SSSR count). The van der Waals surface area contributed by atoms with Crippen LogP contribution >= 0.6 is 23.2 Å². The van der Waals surface area contributed by atoms with Crippen LogP contribution in [0.25, 0.3) is 0 Å². The van der Waals surface area contributed by atoms with Gasteiger partial charge in [0.05, 0.1) is 12.2 Å². The molecule has 0 spiro atoms. The number of benzene rings is 2. The molecule has 0 unspecified atom stereocenters. The molecule has 3 aliphatic rings. The van der Waals surface area contributed by atoms with Gasteiger partial charge in [-0.05, 0) is 76.1 Å². The first-order valence-corrected chi connectivity index (χ1v) is 18.7. The van der Waals surface area contributed by atoms with Crippen LogP contribution in [0.1, 0.15) is 76.8 Å². The Bertz CT molecular complexity index is 1780. The Morgan fingerprint density at radius 1 is 0.863 bits per heavy atom. The first-order valence-electron chi connectivity index (χ1n) is 18.0. The van der Waals surface area contributed by atoms with E-state index in [1.54, 1.807) is 6.20 Å². The minimum atomic E-state index is -1.03. The molecule has 51 heavy (non-hydrogen) atoms. The molecule has 1 aromatic heterocycles. The molecule has 2 saturated heterocycles. The summed E-state index contributed by atoms with van der Waals surface area (Å²) in [6, 6.07) is 17.1. The molecule has 2 atom stereocenters. The predicted octanol–water partition coefficient (Wildman–Crippen LogP) is 7.58. The number of ether oxygens (including phenoxy) is 1. The first kappa shape index (κ1) is 37.1. The summed E-state index contributed by atoms with van der Waals surface area (Å²) in [5.41, 5.74) is 1.04. The van der Waals surface area contributed by atoms with Crippen LogP contribution < -0.4 is 4.74 Å². The molecule has 0 aliphatic carbocycles. The molecule has 4 heterocycles. The van der Waals surface area contributed by atoms with Crippen molar-refractivity contribution >= 4 is 41.0 Å². The lowest BCUT2D eigenvalue weighted by Gasteiger charge is -2.47. The topological polar surface area (TPSA) is 81.6 Å². The van der Waals surface area contributed by atoms with E-state index < -0.39 is 11.1 Å². The number of pyridine rings is 1. The summed E-state index contributed by atoms with van der Waals surface area (Å²) in [7, 11) is 2.09. The number of amidine groups is 1. The molecule has 2 fully saturated rings. The summed E-state index contributed by atoms with van der Waals surface area (Å²) in [4.78, 5) is 47.2. The molecule has 9 nitrogen and oxygen atoms in total. The van der Waals surface area contributed by atoms with Crippen molar-refractivity contribution in [2.45, 2.75) is 70.9 Å². The third-order valence-electron chi connectivity index (χ3n) is 11.0. The molecule has 2 aromatic carbocycles. The molecule has 11 heteroatoms. The number of piperidine rings is 1. The Labute approximate surface area is 312 Å². The van der Waals surface area contributed by atoms with Gasteiger partial charge < -0.3 is 19.4 Å². The number of halogens is 2. The quantitative estimate of drug-likeness (QED) is 0.261. The van der Waals surface area contributed by atoms with Gasteiger partial charge in [0.25, 0.3) is 0 Å². The monoisotopic (exact) mass is 732 g/mol. The second kappa shape index (κ2) is 14.4. The number of hydrogen-bond acceptors (Lipinski definition) is 6. The van der Waals surface area contributed by atoms with E-state index in [0.717, 1.165) is 43.0 Å². The van der Waals surface area contributed by atoms with Crippen molar-refractivity contribution in [3.8, 4) is 5.75 Å². The molecule has 0 saturated carbocycles. The Hall–Kier alpha value is -3.66. The van der Waals surface area contributed by atoms with E-state index >= 15 is 4.79 Å². The number of carbonyl (C=O) groups excluding carboxylic acids is 2. The van der Waals surface area contributed by atoms with Gasteiger partial charge in [0, 0.05) is 78.6 Å². The maximum Gasteiger partial charge on any atom is 0.326 e. The lowest BCUT2D eigenvalue weighted by atomic mass is 9.71. The van der Waals surface area contributed by atoms with Gasteiger partial charge >= 0.3 is 6.03 Å². The number of likely N-dealkylation sites (tertiary alicyclic amines) is 1. The number of hydrogen-bond donors (Lipinski definition) is 0. The number of amides is 3. The van der Waals surface area contributed by atoms with Crippen molar-refractivity contribution in [3.63, 3.8) is 0 Å². The normalized spacial score (nSPS) is 23.4. The van der Waals surface area contributed by atoms with Crippen molar-refractivity contribution in [1.29, 1.82) is 0 Å². The fourth-order valence-corrected chi connectivity index (χ4v) is 7.85. The number of aliphatic imine (C=N–C) groups is 1. The lowest BCUT2D eigenvalue weighted by molar-refractivity contribution is -0.138. The summed E-state index contributed by atoms with van der Waals surface area (Å²) < 4.78 is 6.29. The van der Waals surface area contributed by atoms with Crippen molar-refractivity contribution in [2.75, 3.05) is 52.9 Å². The van der Waals surface area contributed by atoms with Crippen molar-refractivity contribution in [1.82, 2.24) is 24.6 Å². The van der Waals surface area contributed by atoms with Gasteiger partial charge in [0.1, 0.15) is 22.7 Å². The summed E-state index contributed by atoms with van der Waals surface area (Å²) in [6.07, 6.45) is 3.01. The van der Waals surface area contributed by atoms with Crippen LogP contribution in [0, 0.1) is 5.92 Å². The molecule has 0 radical (unpaired) electrons. The van der Waals surface area contributed by atoms with Crippen molar-refractivity contribution in [3.05, 3.63) is 93.2 Å². The second-order valence-electron chi connectivity index (χ2n) is 15.4. The summed E-state index contributed by atoms with van der Waals surface area (Å²) >= 11 is 12.8. The Kier molecular flexibility index (Phi) is 10.5.